The van der Waals surface area contributed by atoms with Gasteiger partial charge in [-0.25, -0.2) is 9.59 Å². The van der Waals surface area contributed by atoms with E-state index in [1.165, 1.54) is 12.1 Å². The molecule has 3 aromatic rings. The largest absolute Gasteiger partial charge is 0.480 e. The quantitative estimate of drug-likeness (QED) is 0.370. The Bertz CT molecular complexity index is 1220. The standard InChI is InChI=1S/C25H21BrN2O6/c26-20-10-9-14(23(30)27-22(12-29)24(31)32)11-21(20)28-25(33)34-13-19-17-7-3-1-5-15(17)16-6-2-4-8-18(16)19/h1-11,19,22,29H,12-13H2,(H,27,30)(H,28,33)(H,31,32)/t22-/m1/s1. The van der Waals surface area contributed by atoms with Crippen LogP contribution in [0.1, 0.15) is 27.4 Å². The number of halogens is 1. The van der Waals surface area contributed by atoms with E-state index in [9.17, 15) is 14.4 Å². The number of aliphatic hydroxyl groups is 1. The van der Waals surface area contributed by atoms with Crippen molar-refractivity contribution >= 4 is 39.6 Å². The molecule has 9 heteroatoms. The molecule has 1 aliphatic rings. The zero-order chi connectivity index (χ0) is 24.2. The summed E-state index contributed by atoms with van der Waals surface area (Å²) in [6.07, 6.45) is -0.695. The van der Waals surface area contributed by atoms with E-state index in [1.54, 1.807) is 6.07 Å². The fourth-order valence-electron chi connectivity index (χ4n) is 3.93. The highest BCUT2D eigenvalue weighted by Gasteiger charge is 2.29. The summed E-state index contributed by atoms with van der Waals surface area (Å²) in [4.78, 5) is 36.0. The number of ether oxygens (including phenoxy) is 1. The van der Waals surface area contributed by atoms with Crippen molar-refractivity contribution in [2.24, 2.45) is 0 Å². The van der Waals surface area contributed by atoms with E-state index < -0.39 is 30.6 Å². The maximum absolute atomic E-state index is 12.6. The van der Waals surface area contributed by atoms with Crippen LogP contribution < -0.4 is 10.6 Å². The number of carbonyl (C=O) groups is 3. The number of aliphatic hydroxyl groups excluding tert-OH is 1. The minimum absolute atomic E-state index is 0.0925. The number of carbonyl (C=O) groups excluding carboxylic acids is 2. The van der Waals surface area contributed by atoms with Gasteiger partial charge in [-0.1, -0.05) is 48.5 Å². The third-order valence-corrected chi connectivity index (χ3v) is 6.29. The van der Waals surface area contributed by atoms with Crippen LogP contribution in [0, 0.1) is 0 Å². The summed E-state index contributed by atoms with van der Waals surface area (Å²) in [5.74, 6) is -2.15. The summed E-state index contributed by atoms with van der Waals surface area (Å²) >= 11 is 3.32. The van der Waals surface area contributed by atoms with Crippen LogP contribution in [0.5, 0.6) is 0 Å². The fraction of sp³-hybridized carbons (Fsp3) is 0.160. The Morgan fingerprint density at radius 2 is 1.59 bits per heavy atom. The Labute approximate surface area is 203 Å². The maximum Gasteiger partial charge on any atom is 0.411 e. The smallest absolute Gasteiger partial charge is 0.411 e. The lowest BCUT2D eigenvalue weighted by Gasteiger charge is -2.16. The van der Waals surface area contributed by atoms with Crippen LogP contribution in [-0.4, -0.2) is 47.4 Å². The van der Waals surface area contributed by atoms with E-state index in [0.29, 0.717) is 4.47 Å². The molecule has 4 rings (SSSR count). The molecule has 0 aliphatic heterocycles. The predicted octanol–water partition coefficient (Wildman–Crippen LogP) is 3.99. The number of anilines is 1. The monoisotopic (exact) mass is 524 g/mol. The van der Waals surface area contributed by atoms with Crippen molar-refractivity contribution in [1.82, 2.24) is 5.32 Å². The number of carboxylic acids is 1. The van der Waals surface area contributed by atoms with Crippen LogP contribution in [0.4, 0.5) is 10.5 Å². The molecule has 174 valence electrons. The molecule has 0 spiro atoms. The number of hydrogen-bond donors (Lipinski definition) is 4. The lowest BCUT2D eigenvalue weighted by atomic mass is 9.98. The van der Waals surface area contributed by atoms with Crippen LogP contribution in [-0.2, 0) is 9.53 Å². The van der Waals surface area contributed by atoms with E-state index in [-0.39, 0.29) is 23.8 Å². The second kappa shape index (κ2) is 10.1. The molecule has 0 radical (unpaired) electrons. The zero-order valence-electron chi connectivity index (χ0n) is 17.8. The summed E-state index contributed by atoms with van der Waals surface area (Å²) in [5, 5.41) is 22.9. The normalized spacial score (nSPS) is 12.9. The number of hydrogen-bond acceptors (Lipinski definition) is 5. The van der Waals surface area contributed by atoms with Gasteiger partial charge in [0.15, 0.2) is 6.04 Å². The highest BCUT2D eigenvalue weighted by Crippen LogP contribution is 2.44. The van der Waals surface area contributed by atoms with Crippen molar-refractivity contribution < 1.29 is 29.3 Å². The first kappa shape index (κ1) is 23.5. The van der Waals surface area contributed by atoms with Crippen molar-refractivity contribution in [1.29, 1.82) is 0 Å². The molecule has 0 heterocycles. The number of carboxylic acid groups (broad SMARTS) is 1. The van der Waals surface area contributed by atoms with Gasteiger partial charge in [0.2, 0.25) is 0 Å². The van der Waals surface area contributed by atoms with E-state index in [0.717, 1.165) is 22.3 Å². The van der Waals surface area contributed by atoms with E-state index in [4.69, 9.17) is 14.9 Å². The third-order valence-electron chi connectivity index (χ3n) is 5.59. The number of nitrogens with one attached hydrogen (secondary N) is 2. The van der Waals surface area contributed by atoms with Gasteiger partial charge in [0.05, 0.1) is 12.3 Å². The molecule has 3 aromatic carbocycles. The maximum atomic E-state index is 12.6. The lowest BCUT2D eigenvalue weighted by Crippen LogP contribution is -2.43. The molecule has 0 aromatic heterocycles. The van der Waals surface area contributed by atoms with Gasteiger partial charge in [-0.05, 0) is 56.4 Å². The number of aliphatic carboxylic acids is 1. The summed E-state index contributed by atoms with van der Waals surface area (Å²) in [5.41, 5.74) is 4.81. The predicted molar refractivity (Wildman–Crippen MR) is 129 cm³/mol. The third kappa shape index (κ3) is 4.80. The van der Waals surface area contributed by atoms with Gasteiger partial charge in [-0.3, -0.25) is 10.1 Å². The Hall–Kier alpha value is -3.69. The Morgan fingerprint density at radius 3 is 2.18 bits per heavy atom. The average Bonchev–Trinajstić information content (AvgIpc) is 3.16. The second-order valence-corrected chi connectivity index (χ2v) is 8.55. The first-order valence-electron chi connectivity index (χ1n) is 10.4. The summed E-state index contributed by atoms with van der Waals surface area (Å²) in [7, 11) is 0. The molecular weight excluding hydrogens is 504 g/mol. The first-order valence-corrected chi connectivity index (χ1v) is 11.2. The van der Waals surface area contributed by atoms with Gasteiger partial charge >= 0.3 is 12.1 Å². The van der Waals surface area contributed by atoms with Gasteiger partial charge < -0.3 is 20.3 Å². The fourth-order valence-corrected chi connectivity index (χ4v) is 4.28. The average molecular weight is 525 g/mol. The topological polar surface area (TPSA) is 125 Å². The molecule has 0 saturated heterocycles. The molecular formula is C25H21BrN2O6. The van der Waals surface area contributed by atoms with E-state index in [2.05, 4.69) is 26.6 Å². The summed E-state index contributed by atoms with van der Waals surface area (Å²) in [6, 6.07) is 19.0. The van der Waals surface area contributed by atoms with Crippen LogP contribution in [0.15, 0.2) is 71.2 Å². The second-order valence-electron chi connectivity index (χ2n) is 7.69. The summed E-state index contributed by atoms with van der Waals surface area (Å²) < 4.78 is 6.04. The molecule has 4 N–H and O–H groups in total. The molecule has 0 bridgehead atoms. The SMILES string of the molecule is O=C(Nc1cc(C(=O)N[C@H](CO)C(=O)O)ccc1Br)OCC1c2ccccc2-c2ccccc21. The zero-order valence-corrected chi connectivity index (χ0v) is 19.4. The number of rotatable bonds is 7. The van der Waals surface area contributed by atoms with Gasteiger partial charge in [0.1, 0.15) is 6.61 Å². The van der Waals surface area contributed by atoms with Crippen LogP contribution in [0.3, 0.4) is 0 Å². The van der Waals surface area contributed by atoms with E-state index in [1.807, 2.05) is 48.5 Å². The number of amides is 2. The lowest BCUT2D eigenvalue weighted by molar-refractivity contribution is -0.140. The van der Waals surface area contributed by atoms with Crippen molar-refractivity contribution in [2.45, 2.75) is 12.0 Å². The van der Waals surface area contributed by atoms with Crippen molar-refractivity contribution in [3.8, 4) is 11.1 Å². The highest BCUT2D eigenvalue weighted by atomic mass is 79.9. The van der Waals surface area contributed by atoms with Crippen molar-refractivity contribution in [3.63, 3.8) is 0 Å². The molecule has 34 heavy (non-hydrogen) atoms. The minimum Gasteiger partial charge on any atom is -0.480 e. The van der Waals surface area contributed by atoms with Gasteiger partial charge in [-0.2, -0.15) is 0 Å². The van der Waals surface area contributed by atoms with Gasteiger partial charge in [0, 0.05) is 16.0 Å². The Morgan fingerprint density at radius 1 is 0.971 bits per heavy atom. The van der Waals surface area contributed by atoms with E-state index >= 15 is 0 Å². The first-order chi connectivity index (χ1) is 16.4. The number of fused-ring (bicyclic) bond motifs is 3. The van der Waals surface area contributed by atoms with Crippen molar-refractivity contribution in [3.05, 3.63) is 87.9 Å². The molecule has 1 atom stereocenters. The molecule has 1 aliphatic carbocycles. The molecule has 0 unspecified atom stereocenters. The van der Waals surface area contributed by atoms with Crippen molar-refractivity contribution in [2.75, 3.05) is 18.5 Å². The highest BCUT2D eigenvalue weighted by molar-refractivity contribution is 9.10. The molecule has 0 saturated carbocycles. The Kier molecular flexibility index (Phi) is 6.95. The Balaban J connectivity index is 1.44. The number of benzene rings is 3. The van der Waals surface area contributed by atoms with Gasteiger partial charge in [-0.15, -0.1) is 0 Å². The summed E-state index contributed by atoms with van der Waals surface area (Å²) in [6.45, 7) is -0.614. The minimum atomic E-state index is -1.44. The van der Waals surface area contributed by atoms with Crippen LogP contribution in [0.2, 0.25) is 0 Å². The molecule has 0 fully saturated rings. The molecule has 2 amide bonds. The van der Waals surface area contributed by atoms with Crippen LogP contribution in [0.25, 0.3) is 11.1 Å². The molecule has 8 nitrogen and oxygen atoms in total. The van der Waals surface area contributed by atoms with Crippen LogP contribution >= 0.6 is 15.9 Å². The van der Waals surface area contributed by atoms with Gasteiger partial charge in [0.25, 0.3) is 5.91 Å².